The Kier molecular flexibility index (Phi) is 7.42. The number of ether oxygens (including phenoxy) is 2. The zero-order valence-corrected chi connectivity index (χ0v) is 21.2. The van der Waals surface area contributed by atoms with E-state index in [1.165, 1.54) is 16.3 Å². The molecule has 0 bridgehead atoms. The SMILES string of the molecule is COC(=O)[C@H]1CN(C(=O)CN(Cc2ccccc2)S(=O)(=O)c2cc(C)ccc2C)c2ccccc2O1. The molecule has 3 aromatic rings. The van der Waals surface area contributed by atoms with Gasteiger partial charge in [0.05, 0.1) is 30.8 Å². The number of carbonyl (C=O) groups is 2. The third-order valence-corrected chi connectivity index (χ3v) is 7.95. The lowest BCUT2D eigenvalue weighted by atomic mass is 10.2. The number of hydrogen-bond donors (Lipinski definition) is 0. The van der Waals surface area contributed by atoms with Gasteiger partial charge in [0.1, 0.15) is 5.75 Å². The standard InChI is InChI=1S/C27H28N2O6S/c1-19-13-14-20(2)25(15-19)36(32,33)28(16-21-9-5-4-6-10-21)18-26(30)29-17-24(27(31)34-3)35-23-12-8-7-11-22(23)29/h4-15,24H,16-18H2,1-3H3/t24-/m1/s1. The monoisotopic (exact) mass is 508 g/mol. The number of amides is 1. The molecule has 0 N–H and O–H groups in total. The second-order valence-corrected chi connectivity index (χ2v) is 10.5. The van der Waals surface area contributed by atoms with Crippen LogP contribution in [0.4, 0.5) is 5.69 Å². The third-order valence-electron chi connectivity index (χ3n) is 6.01. The second kappa shape index (κ2) is 10.5. The van der Waals surface area contributed by atoms with Crippen molar-refractivity contribution in [3.63, 3.8) is 0 Å². The maximum absolute atomic E-state index is 13.8. The zero-order valence-electron chi connectivity index (χ0n) is 20.4. The number of fused-ring (bicyclic) bond motifs is 1. The van der Waals surface area contributed by atoms with Crippen molar-refractivity contribution < 1.29 is 27.5 Å². The van der Waals surface area contributed by atoms with Crippen LogP contribution in [0.1, 0.15) is 16.7 Å². The van der Waals surface area contributed by atoms with E-state index in [4.69, 9.17) is 9.47 Å². The summed E-state index contributed by atoms with van der Waals surface area (Å²) in [7, 11) is -2.79. The van der Waals surface area contributed by atoms with Crippen LogP contribution in [-0.4, -0.2) is 50.9 Å². The summed E-state index contributed by atoms with van der Waals surface area (Å²) >= 11 is 0. The van der Waals surface area contributed by atoms with Crippen LogP contribution in [0.2, 0.25) is 0 Å². The number of anilines is 1. The largest absolute Gasteiger partial charge is 0.475 e. The second-order valence-electron chi connectivity index (χ2n) is 8.63. The molecule has 0 fully saturated rings. The number of rotatable bonds is 7. The summed E-state index contributed by atoms with van der Waals surface area (Å²) in [5, 5.41) is 0. The maximum Gasteiger partial charge on any atom is 0.348 e. The summed E-state index contributed by atoms with van der Waals surface area (Å²) in [5.41, 5.74) is 2.60. The van der Waals surface area contributed by atoms with E-state index in [1.54, 1.807) is 43.3 Å². The van der Waals surface area contributed by atoms with Gasteiger partial charge in [-0.1, -0.05) is 54.6 Å². The Labute approximate surface area is 211 Å². The molecular weight excluding hydrogens is 480 g/mol. The Morgan fingerprint density at radius 1 is 1.03 bits per heavy atom. The highest BCUT2D eigenvalue weighted by atomic mass is 32.2. The van der Waals surface area contributed by atoms with E-state index in [9.17, 15) is 18.0 Å². The van der Waals surface area contributed by atoms with Gasteiger partial charge in [0.15, 0.2) is 0 Å². The highest BCUT2D eigenvalue weighted by Gasteiger charge is 2.37. The number of aryl methyl sites for hydroxylation is 2. The molecule has 1 heterocycles. The molecule has 8 nitrogen and oxygen atoms in total. The fourth-order valence-corrected chi connectivity index (χ4v) is 5.79. The Morgan fingerprint density at radius 2 is 1.72 bits per heavy atom. The van der Waals surface area contributed by atoms with Gasteiger partial charge < -0.3 is 14.4 Å². The molecule has 9 heteroatoms. The van der Waals surface area contributed by atoms with Gasteiger partial charge in [0.2, 0.25) is 22.0 Å². The first-order valence-electron chi connectivity index (χ1n) is 11.5. The van der Waals surface area contributed by atoms with Crippen molar-refractivity contribution in [2.75, 3.05) is 25.1 Å². The first kappa shape index (κ1) is 25.4. The number of benzene rings is 3. The lowest BCUT2D eigenvalue weighted by molar-refractivity contribution is -0.148. The van der Waals surface area contributed by atoms with E-state index in [0.29, 0.717) is 17.0 Å². The molecule has 0 saturated carbocycles. The van der Waals surface area contributed by atoms with Crippen LogP contribution in [0.15, 0.2) is 77.7 Å². The molecular formula is C27H28N2O6S. The van der Waals surface area contributed by atoms with Crippen LogP contribution in [0, 0.1) is 13.8 Å². The summed E-state index contributed by atoms with van der Waals surface area (Å²) in [6.45, 7) is 3.05. The summed E-state index contributed by atoms with van der Waals surface area (Å²) in [4.78, 5) is 27.4. The fourth-order valence-electron chi connectivity index (χ4n) is 4.10. The average Bonchev–Trinajstić information content (AvgIpc) is 2.89. The lowest BCUT2D eigenvalue weighted by Gasteiger charge is -2.34. The minimum atomic E-state index is -4.04. The van der Waals surface area contributed by atoms with Gasteiger partial charge in [-0.2, -0.15) is 4.31 Å². The van der Waals surface area contributed by atoms with Gasteiger partial charge in [-0.05, 0) is 48.7 Å². The van der Waals surface area contributed by atoms with Crippen molar-refractivity contribution in [2.45, 2.75) is 31.4 Å². The first-order chi connectivity index (χ1) is 17.2. The molecule has 0 saturated heterocycles. The predicted octanol–water partition coefficient (Wildman–Crippen LogP) is 3.46. The van der Waals surface area contributed by atoms with Crippen molar-refractivity contribution in [3.05, 3.63) is 89.5 Å². The molecule has 1 atom stereocenters. The number of esters is 1. The van der Waals surface area contributed by atoms with E-state index in [1.807, 2.05) is 43.3 Å². The van der Waals surface area contributed by atoms with E-state index < -0.39 is 34.5 Å². The van der Waals surface area contributed by atoms with Gasteiger partial charge in [-0.3, -0.25) is 4.79 Å². The van der Waals surface area contributed by atoms with Gasteiger partial charge in [-0.25, -0.2) is 13.2 Å². The van der Waals surface area contributed by atoms with E-state index >= 15 is 0 Å². The normalized spacial score (nSPS) is 15.2. The Balaban J connectivity index is 1.71. The summed E-state index contributed by atoms with van der Waals surface area (Å²) in [5.74, 6) is -0.754. The van der Waals surface area contributed by atoms with Gasteiger partial charge in [0, 0.05) is 6.54 Å². The fraction of sp³-hybridized carbons (Fsp3) is 0.259. The summed E-state index contributed by atoms with van der Waals surface area (Å²) in [6, 6.07) is 21.1. The minimum absolute atomic E-state index is 0.00864. The Bertz CT molecular complexity index is 1370. The van der Waals surface area contributed by atoms with E-state index in [0.717, 1.165) is 11.1 Å². The van der Waals surface area contributed by atoms with E-state index in [2.05, 4.69) is 0 Å². The topological polar surface area (TPSA) is 93.2 Å². The van der Waals surface area contributed by atoms with Crippen molar-refractivity contribution in [1.29, 1.82) is 0 Å². The highest BCUT2D eigenvalue weighted by Crippen LogP contribution is 2.34. The van der Waals surface area contributed by atoms with Gasteiger partial charge >= 0.3 is 5.97 Å². The summed E-state index contributed by atoms with van der Waals surface area (Å²) < 4.78 is 39.4. The number of sulfonamides is 1. The molecule has 36 heavy (non-hydrogen) atoms. The smallest absolute Gasteiger partial charge is 0.348 e. The number of para-hydroxylation sites is 2. The number of hydrogen-bond acceptors (Lipinski definition) is 6. The highest BCUT2D eigenvalue weighted by molar-refractivity contribution is 7.89. The van der Waals surface area contributed by atoms with Crippen LogP contribution < -0.4 is 9.64 Å². The lowest BCUT2D eigenvalue weighted by Crippen LogP contribution is -2.50. The molecule has 3 aromatic carbocycles. The quantitative estimate of drug-likeness (QED) is 0.454. The number of carbonyl (C=O) groups excluding carboxylic acids is 2. The molecule has 0 aliphatic carbocycles. The molecule has 4 rings (SSSR count). The third kappa shape index (κ3) is 5.27. The Morgan fingerprint density at radius 3 is 2.44 bits per heavy atom. The van der Waals surface area contributed by atoms with Crippen LogP contribution in [0.5, 0.6) is 5.75 Å². The van der Waals surface area contributed by atoms with Crippen LogP contribution in [0.3, 0.4) is 0 Å². The molecule has 1 aliphatic rings. The molecule has 0 unspecified atom stereocenters. The molecule has 1 amide bonds. The zero-order chi connectivity index (χ0) is 25.9. The van der Waals surface area contributed by atoms with Crippen molar-refractivity contribution in [2.24, 2.45) is 0 Å². The van der Waals surface area contributed by atoms with Crippen LogP contribution >= 0.6 is 0 Å². The molecule has 0 spiro atoms. The minimum Gasteiger partial charge on any atom is -0.475 e. The Hall–Kier alpha value is -3.69. The van der Waals surface area contributed by atoms with Gasteiger partial charge in [-0.15, -0.1) is 0 Å². The number of nitrogens with zero attached hydrogens (tertiary/aromatic N) is 2. The molecule has 188 valence electrons. The van der Waals surface area contributed by atoms with Crippen LogP contribution in [-0.2, 0) is 30.9 Å². The first-order valence-corrected chi connectivity index (χ1v) is 12.9. The van der Waals surface area contributed by atoms with Gasteiger partial charge in [0.25, 0.3) is 0 Å². The van der Waals surface area contributed by atoms with Crippen molar-refractivity contribution in [3.8, 4) is 5.75 Å². The average molecular weight is 509 g/mol. The van der Waals surface area contributed by atoms with Crippen LogP contribution in [0.25, 0.3) is 0 Å². The summed E-state index contributed by atoms with van der Waals surface area (Å²) in [6.07, 6.45) is -1.02. The number of methoxy groups -OCH3 is 1. The van der Waals surface area contributed by atoms with Crippen molar-refractivity contribution in [1.82, 2.24) is 4.31 Å². The van der Waals surface area contributed by atoms with Crippen molar-refractivity contribution >= 4 is 27.6 Å². The molecule has 0 aromatic heterocycles. The molecule has 1 aliphatic heterocycles. The van der Waals surface area contributed by atoms with E-state index in [-0.39, 0.29) is 18.0 Å². The maximum atomic E-state index is 13.8. The molecule has 0 radical (unpaired) electrons. The predicted molar refractivity (Wildman–Crippen MR) is 135 cm³/mol.